The second-order valence-corrected chi connectivity index (χ2v) is 11.3. The normalized spacial score (nSPS) is 36.2. The minimum Gasteiger partial charge on any atom is -0.384 e. The average Bonchev–Trinajstić information content (AvgIpc) is 2.76. The summed E-state index contributed by atoms with van der Waals surface area (Å²) in [7, 11) is 0. The minimum absolute atomic E-state index is 0.0347. The molecular formula is C28H39N3O. The van der Waals surface area contributed by atoms with Crippen LogP contribution in [0.5, 0.6) is 0 Å². The second-order valence-electron chi connectivity index (χ2n) is 11.3. The molecule has 4 nitrogen and oxygen atoms in total. The van der Waals surface area contributed by atoms with Crippen molar-refractivity contribution in [2.45, 2.75) is 82.5 Å². The van der Waals surface area contributed by atoms with Gasteiger partial charge < -0.3 is 16.2 Å². The van der Waals surface area contributed by atoms with Gasteiger partial charge in [-0.2, -0.15) is 0 Å². The third kappa shape index (κ3) is 4.20. The van der Waals surface area contributed by atoms with Gasteiger partial charge in [0.2, 0.25) is 0 Å². The molecule has 4 N–H and O–H groups in total. The van der Waals surface area contributed by atoms with Gasteiger partial charge in [0.15, 0.2) is 0 Å². The summed E-state index contributed by atoms with van der Waals surface area (Å²) in [5, 5.41) is 0. The van der Waals surface area contributed by atoms with Crippen LogP contribution >= 0.6 is 0 Å². The van der Waals surface area contributed by atoms with E-state index in [0.717, 1.165) is 19.3 Å². The summed E-state index contributed by atoms with van der Waals surface area (Å²) >= 11 is 0. The summed E-state index contributed by atoms with van der Waals surface area (Å²) in [5.74, 6) is 2.99. The lowest BCUT2D eigenvalue weighted by Crippen LogP contribution is -2.66. The first-order valence-electron chi connectivity index (χ1n) is 12.5. The van der Waals surface area contributed by atoms with Crippen molar-refractivity contribution in [3.8, 4) is 0 Å². The van der Waals surface area contributed by atoms with Crippen LogP contribution < -0.4 is 11.5 Å². The van der Waals surface area contributed by atoms with E-state index in [1.54, 1.807) is 0 Å². The Morgan fingerprint density at radius 3 is 2.44 bits per heavy atom. The predicted molar refractivity (Wildman–Crippen MR) is 130 cm³/mol. The van der Waals surface area contributed by atoms with Gasteiger partial charge in [0, 0.05) is 18.2 Å². The van der Waals surface area contributed by atoms with E-state index in [0.29, 0.717) is 29.5 Å². The Balaban J connectivity index is 1.38. The number of aromatic nitrogens is 1. The van der Waals surface area contributed by atoms with Crippen molar-refractivity contribution in [2.75, 3.05) is 5.73 Å². The standard InChI is InChI=1S/C28H39N3O/c1-27(2)24-12-13-28(32-27,17-25(24)29)23-10-9-21(14-19-6-4-3-5-7-19)22(16-23)15-20-8-11-26(30)31-18-20/h3-8,11,18,21-25H,9-10,12-17,29H2,1-2H3,(H2,30,31)/t21-,22+,23+,24+,25-,28-/m0/s1. The molecule has 2 saturated carbocycles. The number of benzene rings is 1. The van der Waals surface area contributed by atoms with Crippen LogP contribution in [0.25, 0.3) is 0 Å². The van der Waals surface area contributed by atoms with Crippen LogP contribution in [-0.4, -0.2) is 22.2 Å². The molecule has 172 valence electrons. The summed E-state index contributed by atoms with van der Waals surface area (Å²) in [4.78, 5) is 4.36. The van der Waals surface area contributed by atoms with E-state index in [9.17, 15) is 0 Å². The van der Waals surface area contributed by atoms with Gasteiger partial charge >= 0.3 is 0 Å². The van der Waals surface area contributed by atoms with E-state index in [1.165, 1.54) is 43.2 Å². The number of anilines is 1. The lowest BCUT2D eigenvalue weighted by Gasteiger charge is -2.61. The zero-order valence-corrected chi connectivity index (χ0v) is 19.7. The fourth-order valence-electron chi connectivity index (χ4n) is 7.37. The molecule has 0 radical (unpaired) electrons. The van der Waals surface area contributed by atoms with Crippen LogP contribution in [-0.2, 0) is 17.6 Å². The predicted octanol–water partition coefficient (Wildman–Crippen LogP) is 5.16. The largest absolute Gasteiger partial charge is 0.384 e. The van der Waals surface area contributed by atoms with Crippen LogP contribution in [0, 0.1) is 23.7 Å². The second kappa shape index (κ2) is 8.46. The first-order valence-corrected chi connectivity index (χ1v) is 12.5. The highest BCUT2D eigenvalue weighted by molar-refractivity contribution is 5.29. The van der Waals surface area contributed by atoms with E-state index < -0.39 is 0 Å². The Morgan fingerprint density at radius 1 is 0.969 bits per heavy atom. The van der Waals surface area contributed by atoms with E-state index >= 15 is 0 Å². The molecule has 3 heterocycles. The quantitative estimate of drug-likeness (QED) is 0.683. The Kier molecular flexibility index (Phi) is 5.79. The third-order valence-corrected chi connectivity index (χ3v) is 8.91. The molecule has 0 unspecified atom stereocenters. The maximum absolute atomic E-state index is 6.93. The molecule has 0 spiro atoms. The highest BCUT2D eigenvalue weighted by Crippen LogP contribution is 2.56. The number of rotatable bonds is 5. The van der Waals surface area contributed by atoms with E-state index in [1.807, 2.05) is 12.3 Å². The molecule has 2 aromatic rings. The third-order valence-electron chi connectivity index (χ3n) is 8.91. The summed E-state index contributed by atoms with van der Waals surface area (Å²) in [6, 6.07) is 15.4. The Labute approximate surface area is 193 Å². The van der Waals surface area contributed by atoms with Crippen LogP contribution in [0.15, 0.2) is 48.7 Å². The lowest BCUT2D eigenvalue weighted by molar-refractivity contribution is -0.269. The van der Waals surface area contributed by atoms with Gasteiger partial charge in [0.25, 0.3) is 0 Å². The summed E-state index contributed by atoms with van der Waals surface area (Å²) in [6.45, 7) is 4.53. The van der Waals surface area contributed by atoms with Crippen molar-refractivity contribution >= 4 is 5.82 Å². The summed E-state index contributed by atoms with van der Waals surface area (Å²) < 4.78 is 6.93. The number of fused-ring (bicyclic) bond motifs is 3. The van der Waals surface area contributed by atoms with Gasteiger partial charge in [0.05, 0.1) is 11.2 Å². The van der Waals surface area contributed by atoms with Crippen molar-refractivity contribution < 1.29 is 4.74 Å². The topological polar surface area (TPSA) is 74.2 Å². The van der Waals surface area contributed by atoms with Gasteiger partial charge in [0.1, 0.15) is 5.82 Å². The smallest absolute Gasteiger partial charge is 0.123 e. The Hall–Kier alpha value is -1.91. The molecule has 2 saturated heterocycles. The monoisotopic (exact) mass is 433 g/mol. The molecule has 4 aliphatic rings. The highest BCUT2D eigenvalue weighted by atomic mass is 16.5. The first-order chi connectivity index (χ1) is 15.3. The number of nitrogen functional groups attached to an aromatic ring is 1. The molecule has 0 amide bonds. The maximum Gasteiger partial charge on any atom is 0.123 e. The van der Waals surface area contributed by atoms with Crippen LogP contribution in [0.2, 0.25) is 0 Å². The molecule has 2 aliphatic carbocycles. The fourth-order valence-corrected chi connectivity index (χ4v) is 7.37. The van der Waals surface area contributed by atoms with Crippen LogP contribution in [0.4, 0.5) is 5.82 Å². The van der Waals surface area contributed by atoms with E-state index in [4.69, 9.17) is 16.2 Å². The molecule has 4 fully saturated rings. The van der Waals surface area contributed by atoms with Gasteiger partial charge in [-0.05, 0) is 100 Å². The molecule has 32 heavy (non-hydrogen) atoms. The maximum atomic E-state index is 6.93. The molecule has 6 atom stereocenters. The lowest BCUT2D eigenvalue weighted by atomic mass is 9.57. The molecule has 1 aromatic carbocycles. The van der Waals surface area contributed by atoms with Crippen molar-refractivity contribution in [3.05, 3.63) is 59.8 Å². The van der Waals surface area contributed by atoms with Crippen molar-refractivity contribution in [1.29, 1.82) is 0 Å². The molecule has 2 bridgehead atoms. The number of nitrogens with two attached hydrogens (primary N) is 2. The van der Waals surface area contributed by atoms with Gasteiger partial charge in [-0.25, -0.2) is 4.98 Å². The van der Waals surface area contributed by atoms with Crippen molar-refractivity contribution in [3.63, 3.8) is 0 Å². The highest BCUT2D eigenvalue weighted by Gasteiger charge is 2.58. The molecule has 1 aromatic heterocycles. The minimum atomic E-state index is -0.104. The average molecular weight is 434 g/mol. The Bertz CT molecular complexity index is 912. The zero-order valence-electron chi connectivity index (χ0n) is 19.7. The van der Waals surface area contributed by atoms with E-state index in [2.05, 4.69) is 55.2 Å². The number of hydrogen-bond donors (Lipinski definition) is 2. The van der Waals surface area contributed by atoms with Gasteiger partial charge in [-0.3, -0.25) is 0 Å². The summed E-state index contributed by atoms with van der Waals surface area (Å²) in [5.41, 5.74) is 15.1. The molecular weight excluding hydrogens is 394 g/mol. The SMILES string of the molecule is CC1(C)O[C@@]2([C@@H]3CC[C@@H](Cc4ccccc4)[C@H](Cc4ccc(N)nc4)C3)CC[C@@H]1[C@@H](N)C2. The number of ether oxygens (including phenoxy) is 1. The van der Waals surface area contributed by atoms with E-state index in [-0.39, 0.29) is 17.2 Å². The fraction of sp³-hybridized carbons (Fsp3) is 0.607. The molecule has 2 aliphatic heterocycles. The number of hydrogen-bond acceptors (Lipinski definition) is 4. The van der Waals surface area contributed by atoms with Crippen molar-refractivity contribution in [2.24, 2.45) is 29.4 Å². The van der Waals surface area contributed by atoms with Crippen LogP contribution in [0.1, 0.15) is 63.5 Å². The molecule has 6 rings (SSSR count). The number of nitrogens with zero attached hydrogens (tertiary/aromatic N) is 1. The van der Waals surface area contributed by atoms with Gasteiger partial charge in [-0.15, -0.1) is 0 Å². The van der Waals surface area contributed by atoms with Crippen molar-refractivity contribution in [1.82, 2.24) is 4.98 Å². The van der Waals surface area contributed by atoms with Gasteiger partial charge in [-0.1, -0.05) is 36.4 Å². The van der Waals surface area contributed by atoms with Crippen LogP contribution in [0.3, 0.4) is 0 Å². The first kappa shape index (κ1) is 21.9. The summed E-state index contributed by atoms with van der Waals surface area (Å²) in [6.07, 6.45) is 11.3. The Morgan fingerprint density at radius 2 is 1.75 bits per heavy atom. The zero-order chi connectivity index (χ0) is 22.3. The molecule has 4 heteroatoms. The number of pyridine rings is 1.